The molecule has 0 bridgehead atoms. The molecule has 10 heteroatoms. The third-order valence-corrected chi connectivity index (χ3v) is 4.82. The lowest BCUT2D eigenvalue weighted by Crippen LogP contribution is -2.18. The fourth-order valence-corrected chi connectivity index (χ4v) is 3.53. The maximum atomic E-state index is 12.4. The van der Waals surface area contributed by atoms with E-state index in [9.17, 15) is 4.57 Å². The number of aromatic nitrogens is 4. The predicted octanol–water partition coefficient (Wildman–Crippen LogP) is 2.04. The van der Waals surface area contributed by atoms with E-state index >= 15 is 0 Å². The molecule has 0 spiro atoms. The standard InChI is InChI=1S/C13H22N5O4P/c1-4-21-23(19,22-5-2)9-20-10(3)6-18-8-17-11-12(14)15-7-16-13(11)18/h7-8,10H,4-6,9H2,1-3H3,(H2,14,15,16). The SMILES string of the molecule is CCOP(=O)(COC(C)Cn1cnc2c(N)ncnc21)OCC. The highest BCUT2D eigenvalue weighted by molar-refractivity contribution is 7.53. The summed E-state index contributed by atoms with van der Waals surface area (Å²) in [6.07, 6.45) is 2.68. The van der Waals surface area contributed by atoms with Gasteiger partial charge in [0.1, 0.15) is 18.2 Å². The summed E-state index contributed by atoms with van der Waals surface area (Å²) in [5, 5.41) is 0. The van der Waals surface area contributed by atoms with Crippen molar-refractivity contribution in [2.24, 2.45) is 0 Å². The smallest absolute Gasteiger partial charge is 0.356 e. The first-order valence-corrected chi connectivity index (χ1v) is 9.13. The Morgan fingerprint density at radius 2 is 1.96 bits per heavy atom. The van der Waals surface area contributed by atoms with E-state index in [1.807, 2.05) is 11.5 Å². The molecule has 0 saturated carbocycles. The van der Waals surface area contributed by atoms with E-state index in [0.717, 1.165) is 0 Å². The van der Waals surface area contributed by atoms with Gasteiger partial charge in [-0.15, -0.1) is 0 Å². The molecule has 0 fully saturated rings. The van der Waals surface area contributed by atoms with Gasteiger partial charge in [0.25, 0.3) is 0 Å². The van der Waals surface area contributed by atoms with Crippen LogP contribution in [-0.4, -0.2) is 45.2 Å². The zero-order chi connectivity index (χ0) is 16.9. The van der Waals surface area contributed by atoms with Crippen molar-refractivity contribution >= 4 is 24.6 Å². The van der Waals surface area contributed by atoms with Gasteiger partial charge in [-0.05, 0) is 20.8 Å². The van der Waals surface area contributed by atoms with Gasteiger partial charge in [0.2, 0.25) is 0 Å². The van der Waals surface area contributed by atoms with Crippen LogP contribution < -0.4 is 5.73 Å². The Morgan fingerprint density at radius 1 is 1.26 bits per heavy atom. The molecule has 9 nitrogen and oxygen atoms in total. The molecule has 0 aromatic carbocycles. The minimum atomic E-state index is -3.21. The van der Waals surface area contributed by atoms with E-state index < -0.39 is 7.60 Å². The Bertz CT molecular complexity index is 682. The molecular weight excluding hydrogens is 321 g/mol. The average molecular weight is 343 g/mol. The van der Waals surface area contributed by atoms with Gasteiger partial charge < -0.3 is 24.1 Å². The molecule has 0 saturated heterocycles. The lowest BCUT2D eigenvalue weighted by Gasteiger charge is -2.20. The molecule has 2 N–H and O–H groups in total. The van der Waals surface area contributed by atoms with Gasteiger partial charge in [-0.3, -0.25) is 4.57 Å². The minimum absolute atomic E-state index is 0.0976. The summed E-state index contributed by atoms with van der Waals surface area (Å²) in [4.78, 5) is 12.3. The van der Waals surface area contributed by atoms with Crippen molar-refractivity contribution in [2.75, 3.05) is 25.3 Å². The lowest BCUT2D eigenvalue weighted by molar-refractivity contribution is 0.0672. The molecule has 2 aromatic heterocycles. The molecule has 0 aliphatic heterocycles. The normalized spacial score (nSPS) is 13.5. The first kappa shape index (κ1) is 17.8. The topological polar surface area (TPSA) is 114 Å². The largest absolute Gasteiger partial charge is 0.382 e. The Balaban J connectivity index is 2.00. The van der Waals surface area contributed by atoms with Gasteiger partial charge in [-0.2, -0.15) is 0 Å². The Morgan fingerprint density at radius 3 is 2.61 bits per heavy atom. The maximum absolute atomic E-state index is 12.4. The second-order valence-electron chi connectivity index (χ2n) is 4.88. The average Bonchev–Trinajstić information content (AvgIpc) is 2.91. The van der Waals surface area contributed by atoms with Crippen molar-refractivity contribution in [3.05, 3.63) is 12.7 Å². The molecule has 1 unspecified atom stereocenters. The van der Waals surface area contributed by atoms with E-state index in [4.69, 9.17) is 19.5 Å². The molecule has 1 atom stereocenters. The van der Waals surface area contributed by atoms with Crippen LogP contribution in [0.2, 0.25) is 0 Å². The zero-order valence-corrected chi connectivity index (χ0v) is 14.4. The van der Waals surface area contributed by atoms with Crippen LogP contribution in [0.3, 0.4) is 0 Å². The van der Waals surface area contributed by atoms with E-state index in [0.29, 0.717) is 36.7 Å². The van der Waals surface area contributed by atoms with Crippen molar-refractivity contribution in [1.29, 1.82) is 0 Å². The fourth-order valence-electron chi connectivity index (χ4n) is 2.09. The van der Waals surface area contributed by atoms with Gasteiger partial charge in [-0.25, -0.2) is 15.0 Å². The molecule has 23 heavy (non-hydrogen) atoms. The summed E-state index contributed by atoms with van der Waals surface area (Å²) in [6, 6.07) is 0. The van der Waals surface area contributed by atoms with Gasteiger partial charge in [0.05, 0.1) is 32.2 Å². The molecule has 0 aliphatic rings. The summed E-state index contributed by atoms with van der Waals surface area (Å²) in [5.41, 5.74) is 6.93. The number of nitrogens with two attached hydrogens (primary N) is 1. The van der Waals surface area contributed by atoms with Crippen molar-refractivity contribution in [1.82, 2.24) is 19.5 Å². The van der Waals surface area contributed by atoms with Crippen LogP contribution in [0.1, 0.15) is 20.8 Å². The van der Waals surface area contributed by atoms with Crippen LogP contribution >= 0.6 is 7.60 Å². The second kappa shape index (κ2) is 7.83. The quantitative estimate of drug-likeness (QED) is 0.688. The summed E-state index contributed by atoms with van der Waals surface area (Å²) in [5.74, 6) is 0.333. The number of imidazole rings is 1. The van der Waals surface area contributed by atoms with E-state index in [1.165, 1.54) is 6.33 Å². The highest BCUT2D eigenvalue weighted by atomic mass is 31.2. The van der Waals surface area contributed by atoms with Crippen molar-refractivity contribution in [2.45, 2.75) is 33.4 Å². The first-order chi connectivity index (χ1) is 11.0. The maximum Gasteiger partial charge on any atom is 0.356 e. The summed E-state index contributed by atoms with van der Waals surface area (Å²) >= 11 is 0. The number of hydrogen-bond donors (Lipinski definition) is 1. The fraction of sp³-hybridized carbons (Fsp3) is 0.615. The number of rotatable bonds is 9. The molecular formula is C13H22N5O4P. The van der Waals surface area contributed by atoms with Gasteiger partial charge >= 0.3 is 7.60 Å². The van der Waals surface area contributed by atoms with Gasteiger partial charge in [0.15, 0.2) is 11.5 Å². The Hall–Kier alpha value is -1.54. The van der Waals surface area contributed by atoms with Crippen molar-refractivity contribution < 1.29 is 18.3 Å². The molecule has 0 amide bonds. The van der Waals surface area contributed by atoms with E-state index in [1.54, 1.807) is 20.2 Å². The molecule has 0 aliphatic carbocycles. The highest BCUT2D eigenvalue weighted by Gasteiger charge is 2.25. The number of hydrogen-bond acceptors (Lipinski definition) is 8. The second-order valence-corrected chi connectivity index (χ2v) is 6.88. The number of fused-ring (bicyclic) bond motifs is 1. The first-order valence-electron chi connectivity index (χ1n) is 7.40. The number of ether oxygens (including phenoxy) is 1. The summed E-state index contributed by atoms with van der Waals surface area (Å²) in [7, 11) is -3.21. The number of nitrogen functional groups attached to an aromatic ring is 1. The molecule has 128 valence electrons. The van der Waals surface area contributed by atoms with Crippen LogP contribution in [0.5, 0.6) is 0 Å². The minimum Gasteiger partial charge on any atom is -0.382 e. The lowest BCUT2D eigenvalue weighted by atomic mass is 10.4. The van der Waals surface area contributed by atoms with Crippen LogP contribution in [0.15, 0.2) is 12.7 Å². The number of nitrogens with zero attached hydrogens (tertiary/aromatic N) is 4. The van der Waals surface area contributed by atoms with Crippen LogP contribution in [0.25, 0.3) is 11.2 Å². The number of anilines is 1. The molecule has 0 radical (unpaired) electrons. The third-order valence-electron chi connectivity index (χ3n) is 3.05. The predicted molar refractivity (Wildman–Crippen MR) is 86.0 cm³/mol. The van der Waals surface area contributed by atoms with E-state index in [2.05, 4.69) is 15.0 Å². The van der Waals surface area contributed by atoms with Crippen LogP contribution in [-0.2, 0) is 24.9 Å². The van der Waals surface area contributed by atoms with Gasteiger partial charge in [-0.1, -0.05) is 0 Å². The van der Waals surface area contributed by atoms with Crippen molar-refractivity contribution in [3.63, 3.8) is 0 Å². The summed E-state index contributed by atoms with van der Waals surface area (Å²) in [6.45, 7) is 6.46. The Labute approximate surface area is 134 Å². The van der Waals surface area contributed by atoms with E-state index in [-0.39, 0.29) is 12.5 Å². The zero-order valence-electron chi connectivity index (χ0n) is 13.5. The van der Waals surface area contributed by atoms with Crippen LogP contribution in [0, 0.1) is 0 Å². The molecule has 2 aromatic rings. The van der Waals surface area contributed by atoms with Gasteiger partial charge in [0, 0.05) is 0 Å². The Kier molecular flexibility index (Phi) is 6.06. The molecule has 2 rings (SSSR count). The molecule has 2 heterocycles. The highest BCUT2D eigenvalue weighted by Crippen LogP contribution is 2.48. The van der Waals surface area contributed by atoms with Crippen LogP contribution in [0.4, 0.5) is 5.82 Å². The third kappa shape index (κ3) is 4.48. The monoisotopic (exact) mass is 343 g/mol. The summed E-state index contributed by atoms with van der Waals surface area (Å²) < 4.78 is 30.2. The van der Waals surface area contributed by atoms with Crippen molar-refractivity contribution in [3.8, 4) is 0 Å².